The van der Waals surface area contributed by atoms with Crippen molar-refractivity contribution < 1.29 is 28.6 Å². The van der Waals surface area contributed by atoms with Gasteiger partial charge in [0.05, 0.1) is 18.2 Å². The minimum Gasteiger partial charge on any atom is -0.497 e. The lowest BCUT2D eigenvalue weighted by Gasteiger charge is -2.21. The highest BCUT2D eigenvalue weighted by Crippen LogP contribution is 2.34. The summed E-state index contributed by atoms with van der Waals surface area (Å²) in [6, 6.07) is 17.9. The molecular formula is C27H24FNO5. The number of ether oxygens (including phenoxy) is 2. The topological polar surface area (TPSA) is 77.8 Å². The van der Waals surface area contributed by atoms with Gasteiger partial charge in [0.2, 0.25) is 0 Å². The molecular weight excluding hydrogens is 437 g/mol. The molecule has 0 amide bonds. The maximum absolute atomic E-state index is 13.6. The molecule has 0 aliphatic carbocycles. The molecule has 0 unspecified atom stereocenters. The summed E-state index contributed by atoms with van der Waals surface area (Å²) in [7, 11) is 1.56. The Morgan fingerprint density at radius 2 is 1.56 bits per heavy atom. The van der Waals surface area contributed by atoms with Gasteiger partial charge in [0.25, 0.3) is 0 Å². The zero-order chi connectivity index (χ0) is 24.6. The van der Waals surface area contributed by atoms with Crippen molar-refractivity contribution in [1.29, 1.82) is 0 Å². The van der Waals surface area contributed by atoms with Crippen molar-refractivity contribution in [2.75, 3.05) is 7.11 Å². The minimum atomic E-state index is -1.45. The number of fused-ring (bicyclic) bond motifs is 1. The molecule has 0 saturated heterocycles. The molecule has 4 aromatic rings. The Balaban J connectivity index is 1.92. The predicted octanol–water partition coefficient (Wildman–Crippen LogP) is 5.56. The smallest absolute Gasteiger partial charge is 0.347 e. The van der Waals surface area contributed by atoms with Crippen LogP contribution < -0.4 is 9.47 Å². The van der Waals surface area contributed by atoms with Crippen LogP contribution in [-0.4, -0.2) is 34.1 Å². The van der Waals surface area contributed by atoms with Crippen molar-refractivity contribution in [3.63, 3.8) is 0 Å². The predicted molar refractivity (Wildman–Crippen MR) is 127 cm³/mol. The van der Waals surface area contributed by atoms with Gasteiger partial charge in [-0.05, 0) is 81.4 Å². The van der Waals surface area contributed by atoms with Crippen molar-refractivity contribution in [3.8, 4) is 17.2 Å². The van der Waals surface area contributed by atoms with Crippen LogP contribution >= 0.6 is 0 Å². The van der Waals surface area contributed by atoms with Crippen LogP contribution in [0.2, 0.25) is 0 Å². The van der Waals surface area contributed by atoms with Gasteiger partial charge in [0.1, 0.15) is 17.3 Å². The van der Waals surface area contributed by atoms with Gasteiger partial charge in [-0.2, -0.15) is 0 Å². The second kappa shape index (κ2) is 8.67. The van der Waals surface area contributed by atoms with Crippen LogP contribution in [0.25, 0.3) is 16.6 Å². The molecule has 0 radical (unpaired) electrons. The first-order valence-corrected chi connectivity index (χ1v) is 10.6. The number of ketones is 1. The molecule has 6 nitrogen and oxygen atoms in total. The molecule has 0 atom stereocenters. The van der Waals surface area contributed by atoms with E-state index in [2.05, 4.69) is 0 Å². The van der Waals surface area contributed by atoms with E-state index in [4.69, 9.17) is 9.47 Å². The van der Waals surface area contributed by atoms with E-state index in [0.29, 0.717) is 44.9 Å². The summed E-state index contributed by atoms with van der Waals surface area (Å²) in [6.07, 6.45) is 0. The van der Waals surface area contributed by atoms with Crippen LogP contribution in [0.1, 0.15) is 35.5 Å². The molecule has 7 heteroatoms. The monoisotopic (exact) mass is 461 g/mol. The van der Waals surface area contributed by atoms with Crippen LogP contribution in [0.3, 0.4) is 0 Å². The first-order chi connectivity index (χ1) is 16.1. The second-order valence-corrected chi connectivity index (χ2v) is 8.43. The van der Waals surface area contributed by atoms with Gasteiger partial charge in [-0.3, -0.25) is 4.79 Å². The first-order valence-electron chi connectivity index (χ1n) is 10.6. The van der Waals surface area contributed by atoms with Gasteiger partial charge >= 0.3 is 5.97 Å². The number of aliphatic carboxylic acids is 1. The fraction of sp³-hybridized carbons (Fsp3) is 0.185. The zero-order valence-corrected chi connectivity index (χ0v) is 19.3. The molecule has 1 aromatic heterocycles. The Morgan fingerprint density at radius 1 is 0.941 bits per heavy atom. The van der Waals surface area contributed by atoms with Crippen molar-refractivity contribution in [3.05, 3.63) is 89.4 Å². The lowest BCUT2D eigenvalue weighted by molar-refractivity contribution is -0.152. The van der Waals surface area contributed by atoms with Crippen LogP contribution in [-0.2, 0) is 4.79 Å². The number of nitrogens with zero attached hydrogens (tertiary/aromatic N) is 1. The van der Waals surface area contributed by atoms with Crippen molar-refractivity contribution in [2.24, 2.45) is 0 Å². The number of carbonyl (C=O) groups is 2. The second-order valence-electron chi connectivity index (χ2n) is 8.43. The Hall–Kier alpha value is -4.13. The fourth-order valence-electron chi connectivity index (χ4n) is 3.89. The van der Waals surface area contributed by atoms with E-state index in [9.17, 15) is 19.1 Å². The maximum Gasteiger partial charge on any atom is 0.347 e. The molecule has 0 aliphatic heterocycles. The number of rotatable bonds is 7. The highest BCUT2D eigenvalue weighted by Gasteiger charge is 2.30. The Kier molecular flexibility index (Phi) is 5.87. The van der Waals surface area contributed by atoms with Crippen LogP contribution in [0.15, 0.2) is 66.7 Å². The van der Waals surface area contributed by atoms with Gasteiger partial charge in [0, 0.05) is 28.4 Å². The SMILES string of the molecule is COc1ccc(C(=O)c2c(C)n(-c3ccc(F)cc3)c3cc(OC(C)(C)C(=O)O)ccc23)cc1. The van der Waals surface area contributed by atoms with E-state index in [-0.39, 0.29) is 11.6 Å². The highest BCUT2D eigenvalue weighted by atomic mass is 19.1. The maximum atomic E-state index is 13.6. The van der Waals surface area contributed by atoms with Gasteiger partial charge in [0.15, 0.2) is 11.4 Å². The number of carboxylic acid groups (broad SMARTS) is 1. The molecule has 3 aromatic carbocycles. The van der Waals surface area contributed by atoms with Crippen molar-refractivity contribution in [1.82, 2.24) is 4.57 Å². The number of halogens is 1. The van der Waals surface area contributed by atoms with Crippen LogP contribution in [0.4, 0.5) is 4.39 Å². The number of hydrogen-bond donors (Lipinski definition) is 1. The number of carbonyl (C=O) groups excluding carboxylic acids is 1. The molecule has 0 aliphatic rings. The quantitative estimate of drug-likeness (QED) is 0.365. The number of aromatic nitrogens is 1. The summed E-state index contributed by atoms with van der Waals surface area (Å²) >= 11 is 0. The van der Waals surface area contributed by atoms with Gasteiger partial charge < -0.3 is 19.1 Å². The van der Waals surface area contributed by atoms with E-state index in [0.717, 1.165) is 0 Å². The van der Waals surface area contributed by atoms with E-state index >= 15 is 0 Å². The lowest BCUT2D eigenvalue weighted by atomic mass is 10.0. The van der Waals surface area contributed by atoms with Gasteiger partial charge in [-0.1, -0.05) is 0 Å². The Bertz CT molecular complexity index is 1390. The Labute approximate surface area is 196 Å². The zero-order valence-electron chi connectivity index (χ0n) is 19.3. The first kappa shape index (κ1) is 23.0. The lowest BCUT2D eigenvalue weighted by Crippen LogP contribution is -2.37. The third kappa shape index (κ3) is 4.12. The summed E-state index contributed by atoms with van der Waals surface area (Å²) in [6.45, 7) is 4.74. The largest absolute Gasteiger partial charge is 0.497 e. The normalized spacial score (nSPS) is 11.4. The standard InChI is InChI=1S/C27H24FNO5/c1-16-24(25(30)17-5-11-20(33-4)12-6-17)22-14-13-21(34-27(2,3)26(31)32)15-23(22)29(16)19-9-7-18(28)8-10-19/h5-15H,1-4H3,(H,31,32). The molecule has 0 bridgehead atoms. The number of hydrogen-bond acceptors (Lipinski definition) is 4. The number of methoxy groups -OCH3 is 1. The third-order valence-corrected chi connectivity index (χ3v) is 5.73. The van der Waals surface area contributed by atoms with E-state index in [1.165, 1.54) is 26.0 Å². The van der Waals surface area contributed by atoms with Crippen molar-refractivity contribution >= 4 is 22.7 Å². The van der Waals surface area contributed by atoms with Gasteiger partial charge in [-0.15, -0.1) is 0 Å². The molecule has 0 spiro atoms. The van der Waals surface area contributed by atoms with E-state index in [1.807, 2.05) is 11.5 Å². The van der Waals surface area contributed by atoms with Crippen LogP contribution in [0.5, 0.6) is 11.5 Å². The molecule has 4 rings (SSSR count). The minimum absolute atomic E-state index is 0.175. The highest BCUT2D eigenvalue weighted by molar-refractivity contribution is 6.18. The summed E-state index contributed by atoms with van der Waals surface area (Å²) in [5.41, 5.74) is 1.50. The molecule has 34 heavy (non-hydrogen) atoms. The third-order valence-electron chi connectivity index (χ3n) is 5.73. The summed E-state index contributed by atoms with van der Waals surface area (Å²) in [5.74, 6) is -0.674. The van der Waals surface area contributed by atoms with Crippen LogP contribution in [0, 0.1) is 12.7 Å². The van der Waals surface area contributed by atoms with Gasteiger partial charge in [-0.25, -0.2) is 9.18 Å². The Morgan fingerprint density at radius 3 is 2.15 bits per heavy atom. The molecule has 174 valence electrons. The number of benzene rings is 3. The van der Waals surface area contributed by atoms with E-state index < -0.39 is 11.6 Å². The fourth-order valence-corrected chi connectivity index (χ4v) is 3.89. The molecule has 0 fully saturated rings. The molecule has 0 saturated carbocycles. The summed E-state index contributed by atoms with van der Waals surface area (Å²) < 4.78 is 26.4. The molecule has 1 heterocycles. The molecule has 1 N–H and O–H groups in total. The number of carboxylic acids is 1. The summed E-state index contributed by atoms with van der Waals surface area (Å²) in [4.78, 5) is 25.1. The van der Waals surface area contributed by atoms with E-state index in [1.54, 1.807) is 61.7 Å². The average molecular weight is 461 g/mol. The average Bonchev–Trinajstić information content (AvgIpc) is 3.10. The van der Waals surface area contributed by atoms with Crippen molar-refractivity contribution in [2.45, 2.75) is 26.4 Å². The summed E-state index contributed by atoms with van der Waals surface area (Å²) in [5, 5.41) is 10.1.